The summed E-state index contributed by atoms with van der Waals surface area (Å²) < 4.78 is 0. The summed E-state index contributed by atoms with van der Waals surface area (Å²) in [5, 5.41) is 33.5. The van der Waals surface area contributed by atoms with Gasteiger partial charge in [-0.2, -0.15) is 0 Å². The van der Waals surface area contributed by atoms with Crippen molar-refractivity contribution >= 4 is 5.91 Å². The number of aliphatic hydroxyl groups excluding tert-OH is 3. The molecule has 4 N–H and O–H groups in total. The number of rotatable bonds is 40. The van der Waals surface area contributed by atoms with Crippen LogP contribution in [0.2, 0.25) is 0 Å². The van der Waals surface area contributed by atoms with Crippen molar-refractivity contribution in [1.29, 1.82) is 0 Å². The molecule has 0 aliphatic carbocycles. The summed E-state index contributed by atoms with van der Waals surface area (Å²) in [6, 6.07) is -0.802. The normalized spacial score (nSPS) is 13.5. The average Bonchev–Trinajstić information content (AvgIpc) is 3.09. The summed E-state index contributed by atoms with van der Waals surface area (Å²) in [7, 11) is 0. The minimum absolute atomic E-state index is 0.140. The highest BCUT2D eigenvalue weighted by Gasteiger charge is 2.26. The molecule has 1 amide bonds. The van der Waals surface area contributed by atoms with Crippen LogP contribution in [-0.2, 0) is 4.79 Å². The highest BCUT2D eigenvalue weighted by molar-refractivity contribution is 5.76. The minimum Gasteiger partial charge on any atom is -0.394 e. The summed E-state index contributed by atoms with van der Waals surface area (Å²) in [5.74, 6) is -0.140. The quantitative estimate of drug-likeness (QED) is 0.0485. The van der Waals surface area contributed by atoms with Crippen LogP contribution in [0.25, 0.3) is 0 Å². The molecule has 0 aliphatic heterocycles. The second kappa shape index (κ2) is 39.1. The molecular weight excluding hydrogens is 594 g/mol. The summed E-state index contributed by atoms with van der Waals surface area (Å²) in [6.45, 7) is 4.20. The van der Waals surface area contributed by atoms with Crippen LogP contribution in [0.4, 0.5) is 0 Å². The van der Waals surface area contributed by atoms with E-state index >= 15 is 0 Å². The average molecular weight is 682 g/mol. The van der Waals surface area contributed by atoms with E-state index in [1.54, 1.807) is 0 Å². The van der Waals surface area contributed by atoms with E-state index in [2.05, 4.69) is 19.2 Å². The van der Waals surface area contributed by atoms with Crippen LogP contribution in [0.5, 0.6) is 0 Å². The van der Waals surface area contributed by atoms with E-state index in [9.17, 15) is 20.1 Å². The molecule has 0 aromatic heterocycles. The van der Waals surface area contributed by atoms with E-state index in [0.29, 0.717) is 12.8 Å². The molecule has 288 valence electrons. The third-order valence-electron chi connectivity index (χ3n) is 10.5. The Balaban J connectivity index is 3.58. The number of aliphatic hydroxyl groups is 3. The van der Waals surface area contributed by atoms with Gasteiger partial charge in [-0.1, -0.05) is 226 Å². The van der Waals surface area contributed by atoms with Crippen LogP contribution in [0.1, 0.15) is 245 Å². The molecule has 0 spiro atoms. The molecule has 0 aromatic carbocycles. The van der Waals surface area contributed by atoms with Crippen LogP contribution in [0.3, 0.4) is 0 Å². The molecule has 0 rings (SSSR count). The molecule has 5 heteroatoms. The van der Waals surface area contributed by atoms with Gasteiger partial charge in [-0.15, -0.1) is 0 Å². The van der Waals surface area contributed by atoms with Crippen molar-refractivity contribution in [3.8, 4) is 0 Å². The lowest BCUT2D eigenvalue weighted by Crippen LogP contribution is -2.50. The van der Waals surface area contributed by atoms with Gasteiger partial charge in [0.1, 0.15) is 6.10 Å². The van der Waals surface area contributed by atoms with Crippen molar-refractivity contribution in [3.63, 3.8) is 0 Å². The Morgan fingerprint density at radius 1 is 0.438 bits per heavy atom. The maximum atomic E-state index is 12.4. The zero-order chi connectivity index (χ0) is 35.2. The lowest BCUT2D eigenvalue weighted by molar-refractivity contribution is -0.124. The van der Waals surface area contributed by atoms with E-state index in [1.165, 1.54) is 186 Å². The Bertz CT molecular complexity index is 630. The molecule has 48 heavy (non-hydrogen) atoms. The number of carbonyl (C=O) groups is 1. The standard InChI is InChI=1S/C43H87NO4/c1-3-5-7-9-11-13-15-17-19-20-21-22-24-26-28-30-32-34-36-38-42(47)44-40(39-45)43(48)41(46)37-35-33-31-29-27-25-23-18-16-14-12-10-8-6-4-2/h40-41,43,45-46,48H,3-39H2,1-2H3,(H,44,47)/t40-,41+,43-/m0/s1. The molecular formula is C43H87NO4. The van der Waals surface area contributed by atoms with Gasteiger partial charge in [0.2, 0.25) is 5.91 Å². The molecule has 0 aliphatic rings. The first-order valence-electron chi connectivity index (χ1n) is 21.8. The number of amides is 1. The summed E-state index contributed by atoms with van der Waals surface area (Å²) >= 11 is 0. The van der Waals surface area contributed by atoms with Crippen LogP contribution >= 0.6 is 0 Å². The van der Waals surface area contributed by atoms with Crippen molar-refractivity contribution in [3.05, 3.63) is 0 Å². The molecule has 5 nitrogen and oxygen atoms in total. The number of hydrogen-bond acceptors (Lipinski definition) is 4. The summed E-state index contributed by atoms with van der Waals surface area (Å²) in [5.41, 5.74) is 0. The monoisotopic (exact) mass is 682 g/mol. The predicted molar refractivity (Wildman–Crippen MR) is 209 cm³/mol. The van der Waals surface area contributed by atoms with Crippen molar-refractivity contribution < 1.29 is 20.1 Å². The smallest absolute Gasteiger partial charge is 0.220 e. The van der Waals surface area contributed by atoms with E-state index < -0.39 is 18.2 Å². The Labute approximate surface area is 300 Å². The van der Waals surface area contributed by atoms with Gasteiger partial charge in [0.15, 0.2) is 0 Å². The first kappa shape index (κ1) is 47.4. The van der Waals surface area contributed by atoms with Crippen LogP contribution in [-0.4, -0.2) is 46.1 Å². The molecule has 0 radical (unpaired) electrons. The van der Waals surface area contributed by atoms with E-state index in [4.69, 9.17) is 0 Å². The van der Waals surface area contributed by atoms with Crippen molar-refractivity contribution in [2.75, 3.05) is 6.61 Å². The molecule has 0 saturated heterocycles. The third-order valence-corrected chi connectivity index (χ3v) is 10.5. The Morgan fingerprint density at radius 2 is 0.708 bits per heavy atom. The van der Waals surface area contributed by atoms with Crippen molar-refractivity contribution in [1.82, 2.24) is 5.32 Å². The summed E-state index contributed by atoms with van der Waals surface area (Å²) in [6.07, 6.45) is 43.5. The zero-order valence-electron chi connectivity index (χ0n) is 32.6. The molecule has 0 bridgehead atoms. The van der Waals surface area contributed by atoms with Crippen LogP contribution < -0.4 is 5.32 Å². The Hall–Kier alpha value is -0.650. The zero-order valence-corrected chi connectivity index (χ0v) is 32.6. The van der Waals surface area contributed by atoms with Gasteiger partial charge >= 0.3 is 0 Å². The maximum Gasteiger partial charge on any atom is 0.220 e. The van der Waals surface area contributed by atoms with Gasteiger partial charge in [0, 0.05) is 6.42 Å². The number of unbranched alkanes of at least 4 members (excludes halogenated alkanes) is 32. The fourth-order valence-corrected chi connectivity index (χ4v) is 7.05. The molecule has 0 saturated carbocycles. The van der Waals surface area contributed by atoms with Crippen LogP contribution in [0, 0.1) is 0 Å². The number of hydrogen-bond donors (Lipinski definition) is 4. The van der Waals surface area contributed by atoms with Gasteiger partial charge < -0.3 is 20.6 Å². The predicted octanol–water partition coefficient (Wildman–Crippen LogP) is 12.3. The van der Waals surface area contributed by atoms with Gasteiger partial charge in [0.05, 0.1) is 18.8 Å². The van der Waals surface area contributed by atoms with Crippen molar-refractivity contribution in [2.45, 2.75) is 263 Å². The highest BCUT2D eigenvalue weighted by atomic mass is 16.3. The van der Waals surface area contributed by atoms with Gasteiger partial charge in [0.25, 0.3) is 0 Å². The largest absolute Gasteiger partial charge is 0.394 e. The Kier molecular flexibility index (Phi) is 38.6. The molecule has 0 aromatic rings. The first-order chi connectivity index (χ1) is 23.6. The number of nitrogens with one attached hydrogen (secondary N) is 1. The SMILES string of the molecule is CCCCCCCCCCCCCCCCCCCCCC(=O)N[C@@H](CO)[C@H](O)[C@H](O)CCCCCCCCCCCCCCCCC. The lowest BCUT2D eigenvalue weighted by atomic mass is 9.99. The molecule has 0 unspecified atom stereocenters. The highest BCUT2D eigenvalue weighted by Crippen LogP contribution is 2.17. The topological polar surface area (TPSA) is 89.8 Å². The minimum atomic E-state index is -1.13. The van der Waals surface area contributed by atoms with Gasteiger partial charge in [-0.3, -0.25) is 4.79 Å². The summed E-state index contributed by atoms with van der Waals surface area (Å²) in [4.78, 5) is 12.4. The van der Waals surface area contributed by atoms with Crippen molar-refractivity contribution in [2.24, 2.45) is 0 Å². The van der Waals surface area contributed by atoms with E-state index in [0.717, 1.165) is 32.1 Å². The van der Waals surface area contributed by atoms with E-state index in [1.807, 2.05) is 0 Å². The molecule has 3 atom stereocenters. The van der Waals surface area contributed by atoms with Gasteiger partial charge in [-0.05, 0) is 12.8 Å². The van der Waals surface area contributed by atoms with Gasteiger partial charge in [-0.25, -0.2) is 0 Å². The second-order valence-electron chi connectivity index (χ2n) is 15.3. The molecule has 0 heterocycles. The van der Waals surface area contributed by atoms with Crippen LogP contribution in [0.15, 0.2) is 0 Å². The maximum absolute atomic E-state index is 12.4. The number of carbonyl (C=O) groups excluding carboxylic acids is 1. The second-order valence-corrected chi connectivity index (χ2v) is 15.3. The molecule has 0 fully saturated rings. The first-order valence-corrected chi connectivity index (χ1v) is 21.8. The fraction of sp³-hybridized carbons (Fsp3) is 0.977. The van der Waals surface area contributed by atoms with E-state index in [-0.39, 0.29) is 12.5 Å². The Morgan fingerprint density at radius 3 is 1.00 bits per heavy atom. The lowest BCUT2D eigenvalue weighted by Gasteiger charge is -2.26. The third kappa shape index (κ3) is 33.8. The fourth-order valence-electron chi connectivity index (χ4n) is 7.05.